The molecular formula is C19H17N3O4. The zero-order chi connectivity index (χ0) is 17.8. The summed E-state index contributed by atoms with van der Waals surface area (Å²) in [6.45, 7) is 1.41. The molecule has 1 amide bonds. The van der Waals surface area contributed by atoms with E-state index in [1.165, 1.54) is 6.20 Å². The Kier molecular flexibility index (Phi) is 4.42. The first-order chi connectivity index (χ1) is 12.8. The summed E-state index contributed by atoms with van der Waals surface area (Å²) in [5.74, 6) is 1.89. The molecule has 2 N–H and O–H groups in total. The van der Waals surface area contributed by atoms with Crippen molar-refractivity contribution in [3.05, 3.63) is 66.4 Å². The van der Waals surface area contributed by atoms with E-state index in [0.717, 1.165) is 11.4 Å². The number of carbonyl (C=O) groups is 1. The van der Waals surface area contributed by atoms with Gasteiger partial charge in [-0.05, 0) is 30.3 Å². The van der Waals surface area contributed by atoms with Crippen LogP contribution in [0.2, 0.25) is 0 Å². The number of nitrogens with one attached hydrogen (secondary N) is 2. The predicted octanol–water partition coefficient (Wildman–Crippen LogP) is 3.12. The molecule has 0 saturated carbocycles. The van der Waals surface area contributed by atoms with Crippen LogP contribution in [0.15, 0.2) is 59.5 Å². The molecule has 1 aliphatic rings. The third-order valence-electron chi connectivity index (χ3n) is 3.83. The molecule has 3 heterocycles. The highest BCUT2D eigenvalue weighted by molar-refractivity contribution is 5.94. The number of anilines is 2. The van der Waals surface area contributed by atoms with Crippen molar-refractivity contribution in [2.24, 2.45) is 0 Å². The molecule has 0 bridgehead atoms. The lowest BCUT2D eigenvalue weighted by molar-refractivity contribution is 0.0947. The minimum Gasteiger partial charge on any atom is -0.486 e. The third kappa shape index (κ3) is 3.61. The highest BCUT2D eigenvalue weighted by Gasteiger charge is 2.12. The highest BCUT2D eigenvalue weighted by Crippen LogP contribution is 2.33. The van der Waals surface area contributed by atoms with Gasteiger partial charge in [0, 0.05) is 18.0 Å². The maximum absolute atomic E-state index is 12.3. The summed E-state index contributed by atoms with van der Waals surface area (Å²) >= 11 is 0. The van der Waals surface area contributed by atoms with Crippen LogP contribution in [0, 0.1) is 0 Å². The number of rotatable bonds is 5. The average Bonchev–Trinajstić information content (AvgIpc) is 3.20. The zero-order valence-corrected chi connectivity index (χ0v) is 13.9. The molecule has 4 rings (SSSR count). The van der Waals surface area contributed by atoms with Crippen LogP contribution in [-0.4, -0.2) is 24.1 Å². The van der Waals surface area contributed by atoms with Crippen molar-refractivity contribution in [2.45, 2.75) is 6.54 Å². The van der Waals surface area contributed by atoms with Gasteiger partial charge < -0.3 is 24.5 Å². The van der Waals surface area contributed by atoms with Crippen LogP contribution in [0.25, 0.3) is 0 Å². The number of carbonyl (C=O) groups excluding carboxylic acids is 1. The molecule has 132 valence electrons. The van der Waals surface area contributed by atoms with Crippen LogP contribution < -0.4 is 20.1 Å². The Morgan fingerprint density at radius 2 is 1.92 bits per heavy atom. The smallest absolute Gasteiger partial charge is 0.253 e. The van der Waals surface area contributed by atoms with Crippen LogP contribution in [0.1, 0.15) is 16.1 Å². The lowest BCUT2D eigenvalue weighted by atomic mass is 10.2. The Bertz CT molecular complexity index is 909. The van der Waals surface area contributed by atoms with Crippen molar-refractivity contribution in [2.75, 3.05) is 18.5 Å². The summed E-state index contributed by atoms with van der Waals surface area (Å²) in [6, 6.07) is 10.9. The Balaban J connectivity index is 1.44. The molecule has 0 atom stereocenters. The van der Waals surface area contributed by atoms with Gasteiger partial charge in [-0.25, -0.2) is 0 Å². The van der Waals surface area contributed by atoms with Crippen LogP contribution in [0.3, 0.4) is 0 Å². The number of aromatic nitrogens is 1. The maximum Gasteiger partial charge on any atom is 0.253 e. The van der Waals surface area contributed by atoms with Crippen molar-refractivity contribution in [3.63, 3.8) is 0 Å². The minimum absolute atomic E-state index is 0.222. The summed E-state index contributed by atoms with van der Waals surface area (Å²) < 4.78 is 16.3. The zero-order valence-electron chi connectivity index (χ0n) is 13.9. The number of pyridine rings is 1. The summed E-state index contributed by atoms with van der Waals surface area (Å²) in [7, 11) is 0. The van der Waals surface area contributed by atoms with Gasteiger partial charge in [0.2, 0.25) is 0 Å². The average molecular weight is 351 g/mol. The fourth-order valence-electron chi connectivity index (χ4n) is 2.60. The summed E-state index contributed by atoms with van der Waals surface area (Å²) in [5.41, 5.74) is 1.98. The fourth-order valence-corrected chi connectivity index (χ4v) is 2.60. The van der Waals surface area contributed by atoms with E-state index in [1.807, 2.05) is 18.2 Å². The van der Waals surface area contributed by atoms with Crippen molar-refractivity contribution < 1.29 is 18.7 Å². The molecule has 7 nitrogen and oxygen atoms in total. The molecule has 1 aromatic carbocycles. The molecule has 26 heavy (non-hydrogen) atoms. The molecule has 0 aliphatic carbocycles. The number of fused-ring (bicyclic) bond motifs is 1. The van der Waals surface area contributed by atoms with E-state index in [2.05, 4.69) is 15.6 Å². The molecule has 7 heteroatoms. The van der Waals surface area contributed by atoms with E-state index in [4.69, 9.17) is 13.9 Å². The van der Waals surface area contributed by atoms with Gasteiger partial charge in [0.1, 0.15) is 19.0 Å². The van der Waals surface area contributed by atoms with E-state index in [9.17, 15) is 4.79 Å². The minimum atomic E-state index is -0.222. The molecule has 3 aromatic rings. The maximum atomic E-state index is 12.3. The van der Waals surface area contributed by atoms with Gasteiger partial charge in [0.05, 0.1) is 30.3 Å². The van der Waals surface area contributed by atoms with Crippen LogP contribution in [0.5, 0.6) is 11.5 Å². The number of hydrogen-bond acceptors (Lipinski definition) is 6. The first-order valence-corrected chi connectivity index (χ1v) is 8.20. The highest BCUT2D eigenvalue weighted by atomic mass is 16.6. The van der Waals surface area contributed by atoms with E-state index in [0.29, 0.717) is 42.5 Å². The quantitative estimate of drug-likeness (QED) is 0.735. The third-order valence-corrected chi connectivity index (χ3v) is 3.83. The number of hydrogen-bond donors (Lipinski definition) is 2. The molecule has 0 saturated heterocycles. The predicted molar refractivity (Wildman–Crippen MR) is 94.8 cm³/mol. The van der Waals surface area contributed by atoms with Gasteiger partial charge in [-0.1, -0.05) is 0 Å². The second-order valence-corrected chi connectivity index (χ2v) is 5.71. The van der Waals surface area contributed by atoms with E-state index in [-0.39, 0.29) is 5.91 Å². The molecule has 0 fully saturated rings. The lowest BCUT2D eigenvalue weighted by Crippen LogP contribution is -2.22. The van der Waals surface area contributed by atoms with Gasteiger partial charge in [-0.15, -0.1) is 0 Å². The SMILES string of the molecule is O=C(NCc1ccco1)c1cncc(Nc2ccc3c(c2)OCCO3)c1. The Labute approximate surface area is 150 Å². The van der Waals surface area contributed by atoms with Crippen molar-refractivity contribution in [1.82, 2.24) is 10.3 Å². The van der Waals surface area contributed by atoms with Crippen LogP contribution in [0.4, 0.5) is 11.4 Å². The molecule has 0 radical (unpaired) electrons. The monoisotopic (exact) mass is 351 g/mol. The van der Waals surface area contributed by atoms with Crippen LogP contribution >= 0.6 is 0 Å². The van der Waals surface area contributed by atoms with E-state index >= 15 is 0 Å². The molecule has 0 spiro atoms. The summed E-state index contributed by atoms with van der Waals surface area (Å²) in [5, 5.41) is 6.02. The van der Waals surface area contributed by atoms with Crippen LogP contribution in [-0.2, 0) is 6.54 Å². The Morgan fingerprint density at radius 3 is 2.77 bits per heavy atom. The second-order valence-electron chi connectivity index (χ2n) is 5.71. The van der Waals surface area contributed by atoms with Gasteiger partial charge in [0.25, 0.3) is 5.91 Å². The van der Waals surface area contributed by atoms with Gasteiger partial charge in [-0.2, -0.15) is 0 Å². The normalized spacial score (nSPS) is 12.5. The number of furan rings is 1. The van der Waals surface area contributed by atoms with Gasteiger partial charge in [0.15, 0.2) is 11.5 Å². The van der Waals surface area contributed by atoms with Gasteiger partial charge >= 0.3 is 0 Å². The van der Waals surface area contributed by atoms with Crippen molar-refractivity contribution in [1.29, 1.82) is 0 Å². The molecule has 1 aliphatic heterocycles. The molecule has 0 unspecified atom stereocenters. The largest absolute Gasteiger partial charge is 0.486 e. The molecule has 2 aromatic heterocycles. The van der Waals surface area contributed by atoms with Crippen molar-refractivity contribution in [3.8, 4) is 11.5 Å². The topological polar surface area (TPSA) is 85.6 Å². The van der Waals surface area contributed by atoms with E-state index in [1.54, 1.807) is 30.7 Å². The van der Waals surface area contributed by atoms with E-state index < -0.39 is 0 Å². The number of nitrogens with zero attached hydrogens (tertiary/aromatic N) is 1. The summed E-state index contributed by atoms with van der Waals surface area (Å²) in [4.78, 5) is 16.4. The first kappa shape index (κ1) is 16.0. The summed E-state index contributed by atoms with van der Waals surface area (Å²) in [6.07, 6.45) is 4.74. The fraction of sp³-hybridized carbons (Fsp3) is 0.158. The molecular weight excluding hydrogens is 334 g/mol. The first-order valence-electron chi connectivity index (χ1n) is 8.20. The number of benzene rings is 1. The standard InChI is InChI=1S/C19H17N3O4/c23-19(21-12-16-2-1-5-24-16)13-8-15(11-20-10-13)22-14-3-4-17-18(9-14)26-7-6-25-17/h1-5,8-11,22H,6-7,12H2,(H,21,23). The Morgan fingerprint density at radius 1 is 1.04 bits per heavy atom. The lowest BCUT2D eigenvalue weighted by Gasteiger charge is -2.19. The second kappa shape index (κ2) is 7.18. The Hall–Kier alpha value is -3.48. The van der Waals surface area contributed by atoms with Gasteiger partial charge in [-0.3, -0.25) is 9.78 Å². The number of ether oxygens (including phenoxy) is 2. The number of amides is 1. The van der Waals surface area contributed by atoms with Crippen molar-refractivity contribution >= 4 is 17.3 Å².